The van der Waals surface area contributed by atoms with Crippen LogP contribution in [0.5, 0.6) is 5.75 Å². The number of aliphatic hydroxyl groups is 1. The van der Waals surface area contributed by atoms with E-state index in [1.54, 1.807) is 0 Å². The first-order valence-electron chi connectivity index (χ1n) is 5.03. The Balaban J connectivity index is 2.41. The first-order valence-corrected chi connectivity index (χ1v) is 5.03. The predicted molar refractivity (Wildman–Crippen MR) is 57.6 cm³/mol. The van der Waals surface area contributed by atoms with Crippen molar-refractivity contribution in [2.45, 2.75) is 25.9 Å². The topological polar surface area (TPSA) is 53.2 Å². The molecule has 0 amide bonds. The Labute approximate surface area is 89.9 Å². The van der Waals surface area contributed by atoms with Gasteiger partial charge in [0.05, 0.1) is 12.5 Å². The van der Waals surface area contributed by atoms with Crippen LogP contribution in [-0.2, 0) is 6.42 Å². The fourth-order valence-corrected chi connectivity index (χ4v) is 1.18. The van der Waals surface area contributed by atoms with Gasteiger partial charge in [-0.3, -0.25) is 0 Å². The molecule has 0 saturated carbocycles. The van der Waals surface area contributed by atoms with Crippen LogP contribution in [0.1, 0.15) is 18.9 Å². The first-order chi connectivity index (χ1) is 7.26. The van der Waals surface area contributed by atoms with Crippen molar-refractivity contribution in [3.63, 3.8) is 0 Å². The number of rotatable bonds is 5. The van der Waals surface area contributed by atoms with Crippen molar-refractivity contribution < 1.29 is 9.84 Å². The lowest BCUT2D eigenvalue weighted by Crippen LogP contribution is -2.16. The van der Waals surface area contributed by atoms with Gasteiger partial charge in [-0.25, -0.2) is 0 Å². The Kier molecular flexibility index (Phi) is 4.65. The average molecular weight is 205 g/mol. The summed E-state index contributed by atoms with van der Waals surface area (Å²) in [6.45, 7) is 2.26. The molecule has 1 rings (SSSR count). The quantitative estimate of drug-likeness (QED) is 0.798. The Hall–Kier alpha value is -1.53. The van der Waals surface area contributed by atoms with Crippen molar-refractivity contribution in [3.05, 3.63) is 29.8 Å². The fourth-order valence-electron chi connectivity index (χ4n) is 1.18. The van der Waals surface area contributed by atoms with Crippen molar-refractivity contribution in [2.24, 2.45) is 0 Å². The lowest BCUT2D eigenvalue weighted by molar-refractivity contribution is 0.111. The van der Waals surface area contributed by atoms with Gasteiger partial charge in [0.1, 0.15) is 18.5 Å². The summed E-state index contributed by atoms with van der Waals surface area (Å²) in [7, 11) is 0. The van der Waals surface area contributed by atoms with Crippen LogP contribution >= 0.6 is 0 Å². The van der Waals surface area contributed by atoms with E-state index in [-0.39, 0.29) is 13.0 Å². The van der Waals surface area contributed by atoms with Gasteiger partial charge in [0.25, 0.3) is 0 Å². The third kappa shape index (κ3) is 4.01. The summed E-state index contributed by atoms with van der Waals surface area (Å²) in [5.74, 6) is 0.726. The molecular formula is C12H15NO2. The number of benzene rings is 1. The molecule has 0 radical (unpaired) electrons. The van der Waals surface area contributed by atoms with Crippen LogP contribution in [0.4, 0.5) is 0 Å². The van der Waals surface area contributed by atoms with Gasteiger partial charge in [-0.2, -0.15) is 5.26 Å². The van der Waals surface area contributed by atoms with Crippen LogP contribution in [0.3, 0.4) is 0 Å². The summed E-state index contributed by atoms with van der Waals surface area (Å²) in [6.07, 6.45) is 0.394. The molecule has 0 aromatic heterocycles. The normalized spacial score (nSPS) is 11.8. The number of hydrogen-bond donors (Lipinski definition) is 1. The highest BCUT2D eigenvalue weighted by atomic mass is 16.5. The number of ether oxygens (including phenoxy) is 1. The number of aliphatic hydroxyl groups excluding tert-OH is 1. The van der Waals surface area contributed by atoms with Crippen molar-refractivity contribution in [2.75, 3.05) is 6.61 Å². The van der Waals surface area contributed by atoms with Crippen molar-refractivity contribution in [3.8, 4) is 11.8 Å². The van der Waals surface area contributed by atoms with Crippen molar-refractivity contribution >= 4 is 0 Å². The molecule has 0 bridgehead atoms. The molecule has 1 N–H and O–H groups in total. The second-order valence-corrected chi connectivity index (χ2v) is 3.32. The molecule has 80 valence electrons. The third-order valence-corrected chi connectivity index (χ3v) is 2.10. The molecule has 3 nitrogen and oxygen atoms in total. The van der Waals surface area contributed by atoms with Gasteiger partial charge in [0.15, 0.2) is 0 Å². The predicted octanol–water partition coefficient (Wildman–Crippen LogP) is 1.90. The molecule has 1 unspecified atom stereocenters. The molecule has 0 fully saturated rings. The molecule has 0 aliphatic heterocycles. The summed E-state index contributed by atoms with van der Waals surface area (Å²) < 4.78 is 5.32. The number of hydrogen-bond acceptors (Lipinski definition) is 3. The number of nitrogens with zero attached hydrogens (tertiary/aromatic N) is 1. The molecule has 0 aliphatic rings. The van der Waals surface area contributed by atoms with Gasteiger partial charge in [-0.05, 0) is 24.1 Å². The maximum Gasteiger partial charge on any atom is 0.119 e. The molecule has 3 heteroatoms. The van der Waals surface area contributed by atoms with E-state index in [1.807, 2.05) is 30.3 Å². The van der Waals surface area contributed by atoms with Crippen LogP contribution in [0, 0.1) is 11.3 Å². The lowest BCUT2D eigenvalue weighted by atomic mass is 10.2. The summed E-state index contributed by atoms with van der Waals surface area (Å²) in [5.41, 5.74) is 1.25. The highest BCUT2D eigenvalue weighted by Crippen LogP contribution is 2.12. The van der Waals surface area contributed by atoms with Crippen LogP contribution in [0.25, 0.3) is 0 Å². The molecule has 1 atom stereocenters. The number of nitriles is 1. The second-order valence-electron chi connectivity index (χ2n) is 3.32. The molecule has 0 aliphatic carbocycles. The van der Waals surface area contributed by atoms with Gasteiger partial charge in [0.2, 0.25) is 0 Å². The van der Waals surface area contributed by atoms with Crippen LogP contribution in [0.15, 0.2) is 24.3 Å². The summed E-state index contributed by atoms with van der Waals surface area (Å²) in [4.78, 5) is 0. The van der Waals surface area contributed by atoms with Crippen LogP contribution in [0.2, 0.25) is 0 Å². The summed E-state index contributed by atoms with van der Waals surface area (Å²) in [5, 5.41) is 17.6. The first kappa shape index (κ1) is 11.5. The van der Waals surface area contributed by atoms with E-state index >= 15 is 0 Å². The van der Waals surface area contributed by atoms with E-state index < -0.39 is 6.10 Å². The number of aryl methyl sites for hydroxylation is 1. The smallest absolute Gasteiger partial charge is 0.119 e. The van der Waals surface area contributed by atoms with Crippen LogP contribution < -0.4 is 4.74 Å². The molecule has 15 heavy (non-hydrogen) atoms. The minimum atomic E-state index is -0.708. The zero-order valence-electron chi connectivity index (χ0n) is 8.81. The SMILES string of the molecule is CCc1ccc(OCC(O)CC#N)cc1. The minimum absolute atomic E-state index is 0.104. The van der Waals surface area contributed by atoms with E-state index in [1.165, 1.54) is 5.56 Å². The Bertz CT molecular complexity index is 326. The Morgan fingerprint density at radius 1 is 1.40 bits per heavy atom. The fraction of sp³-hybridized carbons (Fsp3) is 0.417. The summed E-state index contributed by atoms with van der Waals surface area (Å²) in [6, 6.07) is 9.62. The Morgan fingerprint density at radius 2 is 2.07 bits per heavy atom. The van der Waals surface area contributed by atoms with Crippen molar-refractivity contribution in [1.29, 1.82) is 5.26 Å². The summed E-state index contributed by atoms with van der Waals surface area (Å²) >= 11 is 0. The van der Waals surface area contributed by atoms with E-state index in [9.17, 15) is 5.11 Å². The molecule has 0 heterocycles. The monoisotopic (exact) mass is 205 g/mol. The molecule has 1 aromatic rings. The van der Waals surface area contributed by atoms with Gasteiger partial charge in [0, 0.05) is 0 Å². The van der Waals surface area contributed by atoms with Gasteiger partial charge in [-0.1, -0.05) is 19.1 Å². The van der Waals surface area contributed by atoms with Gasteiger partial charge >= 0.3 is 0 Å². The molecule has 0 saturated heterocycles. The molecular weight excluding hydrogens is 190 g/mol. The van der Waals surface area contributed by atoms with E-state index in [0.717, 1.165) is 12.2 Å². The standard InChI is InChI=1S/C12H15NO2/c1-2-10-3-5-12(6-4-10)15-9-11(14)7-8-13/h3-6,11,14H,2,7,9H2,1H3. The highest BCUT2D eigenvalue weighted by molar-refractivity contribution is 5.27. The average Bonchev–Trinajstić information content (AvgIpc) is 2.27. The lowest BCUT2D eigenvalue weighted by Gasteiger charge is -2.09. The van der Waals surface area contributed by atoms with Gasteiger partial charge < -0.3 is 9.84 Å². The largest absolute Gasteiger partial charge is 0.491 e. The van der Waals surface area contributed by atoms with E-state index in [2.05, 4.69) is 6.92 Å². The highest BCUT2D eigenvalue weighted by Gasteiger charge is 2.03. The van der Waals surface area contributed by atoms with Gasteiger partial charge in [-0.15, -0.1) is 0 Å². The molecule has 0 spiro atoms. The maximum absolute atomic E-state index is 9.26. The second kappa shape index (κ2) is 6.05. The zero-order valence-corrected chi connectivity index (χ0v) is 8.81. The van der Waals surface area contributed by atoms with E-state index in [4.69, 9.17) is 10.00 Å². The molecule has 1 aromatic carbocycles. The minimum Gasteiger partial charge on any atom is -0.491 e. The Morgan fingerprint density at radius 3 is 2.60 bits per heavy atom. The zero-order chi connectivity index (χ0) is 11.1. The van der Waals surface area contributed by atoms with E-state index in [0.29, 0.717) is 0 Å². The van der Waals surface area contributed by atoms with Crippen molar-refractivity contribution in [1.82, 2.24) is 0 Å². The van der Waals surface area contributed by atoms with Crippen LogP contribution in [-0.4, -0.2) is 17.8 Å². The third-order valence-electron chi connectivity index (χ3n) is 2.10. The maximum atomic E-state index is 9.26.